The third-order valence-electron chi connectivity index (χ3n) is 4.64. The number of ether oxygens (including phenoxy) is 1. The van der Waals surface area contributed by atoms with E-state index in [1.54, 1.807) is 23.1 Å². The highest BCUT2D eigenvalue weighted by atomic mass is 32.2. The zero-order valence-electron chi connectivity index (χ0n) is 15.5. The van der Waals surface area contributed by atoms with E-state index in [0.29, 0.717) is 31.9 Å². The smallest absolute Gasteiger partial charge is 0.254 e. The van der Waals surface area contributed by atoms with Crippen LogP contribution in [0.15, 0.2) is 59.5 Å². The van der Waals surface area contributed by atoms with Crippen molar-refractivity contribution >= 4 is 26.9 Å². The van der Waals surface area contributed by atoms with Crippen molar-refractivity contribution in [1.82, 2.24) is 4.90 Å². The maximum atomic E-state index is 13.3. The molecule has 2 aromatic carbocycles. The Balaban J connectivity index is 2.12. The lowest BCUT2D eigenvalue weighted by Crippen LogP contribution is -2.41. The van der Waals surface area contributed by atoms with Gasteiger partial charge in [-0.3, -0.25) is 4.79 Å². The third-order valence-corrected chi connectivity index (χ3v) is 5.76. The molecular formula is C21H23NO4S. The molecule has 0 unspecified atom stereocenters. The number of sulfone groups is 1. The summed E-state index contributed by atoms with van der Waals surface area (Å²) in [5.74, 6) is -0.0632. The van der Waals surface area contributed by atoms with Gasteiger partial charge in [0, 0.05) is 19.3 Å². The fourth-order valence-electron chi connectivity index (χ4n) is 3.13. The van der Waals surface area contributed by atoms with Crippen LogP contribution >= 0.6 is 0 Å². The number of allylic oxidation sites excluding steroid dienone is 1. The molecule has 1 amide bonds. The molecule has 1 heterocycles. The molecule has 1 saturated heterocycles. The van der Waals surface area contributed by atoms with Gasteiger partial charge in [-0.15, -0.1) is 0 Å². The number of amides is 1. The molecule has 6 heteroatoms. The topological polar surface area (TPSA) is 63.7 Å². The second-order valence-electron chi connectivity index (χ2n) is 6.57. The van der Waals surface area contributed by atoms with Gasteiger partial charge in [0.05, 0.1) is 23.7 Å². The van der Waals surface area contributed by atoms with Crippen LogP contribution in [0.5, 0.6) is 0 Å². The van der Waals surface area contributed by atoms with Gasteiger partial charge < -0.3 is 9.64 Å². The quantitative estimate of drug-likeness (QED) is 0.600. The van der Waals surface area contributed by atoms with E-state index in [4.69, 9.17) is 4.74 Å². The van der Waals surface area contributed by atoms with Crippen molar-refractivity contribution in [3.63, 3.8) is 0 Å². The van der Waals surface area contributed by atoms with Gasteiger partial charge in [0.1, 0.15) is 0 Å². The number of hydrogen-bond acceptors (Lipinski definition) is 4. The Morgan fingerprint density at radius 1 is 0.963 bits per heavy atom. The van der Waals surface area contributed by atoms with Crippen LogP contribution in [0.2, 0.25) is 0 Å². The van der Waals surface area contributed by atoms with Crippen LogP contribution in [0.3, 0.4) is 0 Å². The summed E-state index contributed by atoms with van der Waals surface area (Å²) in [7, 11) is -3.32. The molecular weight excluding hydrogens is 362 g/mol. The molecule has 0 aromatic heterocycles. The van der Waals surface area contributed by atoms with E-state index < -0.39 is 9.84 Å². The molecule has 2 aromatic rings. The maximum absolute atomic E-state index is 13.3. The standard InChI is InChI=1S/C21H23NO4S/c1-16(18-9-6-10-19(15-18)27(2,24)25)20(17-7-4-3-5-8-17)21(23)22-11-13-26-14-12-22/h3-10,15H,11-14H2,1-2H3/b20-16+. The molecule has 1 fully saturated rings. The zero-order valence-corrected chi connectivity index (χ0v) is 16.3. The molecule has 0 bridgehead atoms. The number of morpholine rings is 1. The van der Waals surface area contributed by atoms with Gasteiger partial charge >= 0.3 is 0 Å². The van der Waals surface area contributed by atoms with E-state index in [2.05, 4.69) is 0 Å². The Hall–Kier alpha value is -2.44. The zero-order chi connectivity index (χ0) is 19.4. The Morgan fingerprint density at radius 2 is 1.59 bits per heavy atom. The Morgan fingerprint density at radius 3 is 2.22 bits per heavy atom. The summed E-state index contributed by atoms with van der Waals surface area (Å²) in [5, 5.41) is 0. The Kier molecular flexibility index (Phi) is 5.77. The van der Waals surface area contributed by atoms with Gasteiger partial charge in [-0.05, 0) is 35.8 Å². The highest BCUT2D eigenvalue weighted by Gasteiger charge is 2.24. The molecule has 142 valence electrons. The molecule has 0 saturated carbocycles. The summed E-state index contributed by atoms with van der Waals surface area (Å²) in [6, 6.07) is 16.2. The van der Waals surface area contributed by atoms with Gasteiger partial charge in [0.25, 0.3) is 5.91 Å². The number of nitrogens with zero attached hydrogens (tertiary/aromatic N) is 1. The highest BCUT2D eigenvalue weighted by Crippen LogP contribution is 2.29. The highest BCUT2D eigenvalue weighted by molar-refractivity contribution is 7.90. The average molecular weight is 385 g/mol. The van der Waals surface area contributed by atoms with Gasteiger partial charge in [-0.25, -0.2) is 8.42 Å². The van der Waals surface area contributed by atoms with E-state index in [-0.39, 0.29) is 10.8 Å². The number of carbonyl (C=O) groups excluding carboxylic acids is 1. The molecule has 27 heavy (non-hydrogen) atoms. The molecule has 0 spiro atoms. The number of carbonyl (C=O) groups is 1. The molecule has 3 rings (SSSR count). The van der Waals surface area contributed by atoms with Gasteiger partial charge in [-0.1, -0.05) is 42.5 Å². The second-order valence-corrected chi connectivity index (χ2v) is 8.59. The van der Waals surface area contributed by atoms with Crippen molar-refractivity contribution in [3.8, 4) is 0 Å². The summed E-state index contributed by atoms with van der Waals surface area (Å²) in [6.45, 7) is 4.01. The van der Waals surface area contributed by atoms with Gasteiger partial charge in [0.15, 0.2) is 9.84 Å². The molecule has 1 aliphatic heterocycles. The molecule has 0 atom stereocenters. The fourth-order valence-corrected chi connectivity index (χ4v) is 3.80. The van der Waals surface area contributed by atoms with Crippen LogP contribution in [-0.2, 0) is 19.4 Å². The van der Waals surface area contributed by atoms with Crippen molar-refractivity contribution < 1.29 is 17.9 Å². The van der Waals surface area contributed by atoms with E-state index in [9.17, 15) is 13.2 Å². The summed E-state index contributed by atoms with van der Waals surface area (Å²) in [6.07, 6.45) is 1.18. The first kappa shape index (κ1) is 19.3. The largest absolute Gasteiger partial charge is 0.378 e. The minimum atomic E-state index is -3.32. The molecule has 1 aliphatic rings. The van der Waals surface area contributed by atoms with Crippen LogP contribution in [0.4, 0.5) is 0 Å². The SMILES string of the molecule is C/C(=C(\C(=O)N1CCOCC1)c1ccccc1)c1cccc(S(C)(=O)=O)c1. The lowest BCUT2D eigenvalue weighted by atomic mass is 9.94. The second kappa shape index (κ2) is 8.06. The monoisotopic (exact) mass is 385 g/mol. The summed E-state index contributed by atoms with van der Waals surface area (Å²) >= 11 is 0. The van der Waals surface area contributed by atoms with E-state index in [0.717, 1.165) is 16.7 Å². The lowest BCUT2D eigenvalue weighted by molar-refractivity contribution is -0.128. The van der Waals surface area contributed by atoms with Crippen LogP contribution in [-0.4, -0.2) is 51.8 Å². The van der Waals surface area contributed by atoms with Crippen molar-refractivity contribution in [1.29, 1.82) is 0 Å². The third kappa shape index (κ3) is 4.46. The molecule has 0 N–H and O–H groups in total. The minimum absolute atomic E-state index is 0.0632. The maximum Gasteiger partial charge on any atom is 0.254 e. The summed E-state index contributed by atoms with van der Waals surface area (Å²) in [4.78, 5) is 15.3. The Bertz CT molecular complexity index is 959. The van der Waals surface area contributed by atoms with Gasteiger partial charge in [0.2, 0.25) is 0 Å². The fraction of sp³-hybridized carbons (Fsp3) is 0.286. The Labute approximate surface area is 160 Å². The van der Waals surface area contributed by atoms with Crippen molar-refractivity contribution in [2.24, 2.45) is 0 Å². The van der Waals surface area contributed by atoms with Gasteiger partial charge in [-0.2, -0.15) is 0 Å². The molecule has 0 radical (unpaired) electrons. The molecule has 0 aliphatic carbocycles. The number of benzene rings is 2. The van der Waals surface area contributed by atoms with E-state index in [1.807, 2.05) is 43.3 Å². The van der Waals surface area contributed by atoms with Crippen LogP contribution in [0.25, 0.3) is 11.1 Å². The number of rotatable bonds is 4. The van der Waals surface area contributed by atoms with Crippen molar-refractivity contribution in [2.75, 3.05) is 32.6 Å². The summed E-state index contributed by atoms with van der Waals surface area (Å²) in [5.41, 5.74) is 2.88. The number of hydrogen-bond donors (Lipinski definition) is 0. The first-order valence-electron chi connectivity index (χ1n) is 8.82. The predicted molar refractivity (Wildman–Crippen MR) is 106 cm³/mol. The first-order valence-corrected chi connectivity index (χ1v) is 10.7. The predicted octanol–water partition coefficient (Wildman–Crippen LogP) is 2.88. The van der Waals surface area contributed by atoms with Crippen LogP contribution in [0.1, 0.15) is 18.1 Å². The average Bonchev–Trinajstić information content (AvgIpc) is 2.69. The van der Waals surface area contributed by atoms with E-state index in [1.165, 1.54) is 6.26 Å². The van der Waals surface area contributed by atoms with Crippen LogP contribution < -0.4 is 0 Å². The lowest BCUT2D eigenvalue weighted by Gasteiger charge is -2.28. The van der Waals surface area contributed by atoms with Crippen LogP contribution in [0, 0.1) is 0 Å². The normalized spacial score (nSPS) is 16.0. The summed E-state index contributed by atoms with van der Waals surface area (Å²) < 4.78 is 29.2. The minimum Gasteiger partial charge on any atom is -0.378 e. The molecule has 5 nitrogen and oxygen atoms in total. The van der Waals surface area contributed by atoms with E-state index >= 15 is 0 Å². The first-order chi connectivity index (χ1) is 12.9. The van der Waals surface area contributed by atoms with Crippen molar-refractivity contribution in [3.05, 3.63) is 65.7 Å². The van der Waals surface area contributed by atoms with Crippen molar-refractivity contribution in [2.45, 2.75) is 11.8 Å².